The molecule has 1 spiro atoms. The molecular weight excluding hydrogens is 451 g/mol. The lowest BCUT2D eigenvalue weighted by atomic mass is 9.48. The molecule has 0 radical (unpaired) electrons. The number of halogens is 1. The van der Waals surface area contributed by atoms with Gasteiger partial charge in [-0.05, 0) is 62.1 Å². The van der Waals surface area contributed by atoms with Crippen LogP contribution in [0.4, 0.5) is 4.39 Å². The smallest absolute Gasteiger partial charge is 0.262 e. The second kappa shape index (κ2) is 6.71. The summed E-state index contributed by atoms with van der Waals surface area (Å²) < 4.78 is 20.4. The molecule has 2 fully saturated rings. The van der Waals surface area contributed by atoms with E-state index in [1.165, 1.54) is 17.0 Å². The van der Waals surface area contributed by atoms with Gasteiger partial charge in [0.1, 0.15) is 11.9 Å². The van der Waals surface area contributed by atoms with Gasteiger partial charge in [0.2, 0.25) is 0 Å². The Morgan fingerprint density at radius 1 is 1.17 bits per heavy atom. The number of fused-ring (bicyclic) bond motifs is 1. The highest BCUT2D eigenvalue weighted by Crippen LogP contribution is 2.66. The van der Waals surface area contributed by atoms with E-state index in [0.29, 0.717) is 44.5 Å². The third-order valence-corrected chi connectivity index (χ3v) is 9.12. The van der Waals surface area contributed by atoms with Gasteiger partial charge < -0.3 is 14.9 Å². The molecule has 0 aromatic heterocycles. The zero-order valence-corrected chi connectivity index (χ0v) is 19.0. The Labute approximate surface area is 201 Å². The number of ether oxygens (including phenoxy) is 1. The third kappa shape index (κ3) is 2.32. The zero-order chi connectivity index (χ0) is 24.3. The number of imide groups is 1. The monoisotopic (exact) mass is 476 g/mol. The summed E-state index contributed by atoms with van der Waals surface area (Å²) in [7, 11) is 0. The van der Waals surface area contributed by atoms with Crippen LogP contribution in [0.25, 0.3) is 0 Å². The molecule has 7 rings (SSSR count). The number of phenols is 1. The van der Waals surface area contributed by atoms with Crippen molar-refractivity contribution in [2.75, 3.05) is 13.1 Å². The number of aromatic hydroxyl groups is 1. The van der Waals surface area contributed by atoms with Crippen molar-refractivity contribution in [1.82, 2.24) is 9.80 Å². The van der Waals surface area contributed by atoms with Gasteiger partial charge in [-0.1, -0.05) is 12.1 Å². The average Bonchev–Trinajstić information content (AvgIpc) is 3.30. The summed E-state index contributed by atoms with van der Waals surface area (Å²) in [5, 5.41) is 23.2. The summed E-state index contributed by atoms with van der Waals surface area (Å²) in [6, 6.07) is 6.29. The minimum absolute atomic E-state index is 0.00923. The average molecular weight is 477 g/mol. The number of benzene rings is 2. The number of amides is 2. The van der Waals surface area contributed by atoms with Crippen molar-refractivity contribution in [2.24, 2.45) is 0 Å². The molecule has 2 amide bonds. The maximum absolute atomic E-state index is 13.9. The molecular formula is C27H25FN2O5. The number of aliphatic hydroxyl groups is 1. The Hall–Kier alpha value is -3.23. The van der Waals surface area contributed by atoms with Gasteiger partial charge in [0.05, 0.1) is 28.2 Å². The van der Waals surface area contributed by atoms with Crippen LogP contribution in [-0.4, -0.2) is 68.7 Å². The van der Waals surface area contributed by atoms with Gasteiger partial charge in [0.15, 0.2) is 11.5 Å². The fraction of sp³-hybridized carbons (Fsp3) is 0.407. The molecule has 2 bridgehead atoms. The van der Waals surface area contributed by atoms with Crippen molar-refractivity contribution < 1.29 is 28.9 Å². The molecule has 2 aromatic rings. The van der Waals surface area contributed by atoms with Crippen LogP contribution in [0.3, 0.4) is 0 Å². The number of carbonyl (C=O) groups is 2. The second-order valence-corrected chi connectivity index (χ2v) is 10.4. The van der Waals surface area contributed by atoms with Gasteiger partial charge in [-0.3, -0.25) is 19.4 Å². The van der Waals surface area contributed by atoms with Crippen LogP contribution in [0.2, 0.25) is 0 Å². The third-order valence-electron chi connectivity index (χ3n) is 9.12. The van der Waals surface area contributed by atoms with Crippen molar-refractivity contribution in [3.05, 3.63) is 71.1 Å². The van der Waals surface area contributed by atoms with Gasteiger partial charge >= 0.3 is 0 Å². The first-order valence-electron chi connectivity index (χ1n) is 12.1. The highest BCUT2D eigenvalue weighted by molar-refractivity contribution is 6.21. The molecule has 2 aliphatic carbocycles. The van der Waals surface area contributed by atoms with Crippen LogP contribution >= 0.6 is 0 Å². The number of hydrogen-bond acceptors (Lipinski definition) is 6. The first-order valence-corrected chi connectivity index (χ1v) is 12.1. The molecule has 2 aromatic carbocycles. The number of rotatable bonds is 3. The number of phenolic OH excluding ortho intramolecular Hbond substituents is 1. The maximum Gasteiger partial charge on any atom is 0.262 e. The minimum Gasteiger partial charge on any atom is -0.504 e. The molecule has 35 heavy (non-hydrogen) atoms. The molecule has 2 N–H and O–H groups in total. The van der Waals surface area contributed by atoms with Crippen LogP contribution in [0.1, 0.15) is 51.1 Å². The maximum atomic E-state index is 13.9. The lowest BCUT2D eigenvalue weighted by Gasteiger charge is -2.64. The molecule has 3 heterocycles. The summed E-state index contributed by atoms with van der Waals surface area (Å²) in [4.78, 5) is 30.2. The highest BCUT2D eigenvalue weighted by Gasteiger charge is 2.74. The largest absolute Gasteiger partial charge is 0.504 e. The fourth-order valence-corrected chi connectivity index (χ4v) is 7.79. The lowest BCUT2D eigenvalue weighted by molar-refractivity contribution is -0.194. The molecule has 1 saturated carbocycles. The molecule has 5 aliphatic rings. The summed E-state index contributed by atoms with van der Waals surface area (Å²) in [6.07, 6.45) is 3.00. The van der Waals surface area contributed by atoms with Crippen molar-refractivity contribution in [3.8, 4) is 11.5 Å². The van der Waals surface area contributed by atoms with E-state index in [1.807, 2.05) is 12.1 Å². The number of carbonyl (C=O) groups excluding carboxylic acids is 2. The van der Waals surface area contributed by atoms with Gasteiger partial charge in [-0.25, -0.2) is 4.39 Å². The van der Waals surface area contributed by atoms with Crippen LogP contribution in [0, 0.1) is 5.82 Å². The quantitative estimate of drug-likeness (QED) is 0.523. The molecule has 180 valence electrons. The number of likely N-dealkylation sites (tertiary alicyclic amines) is 1. The Morgan fingerprint density at radius 2 is 1.97 bits per heavy atom. The Kier molecular flexibility index (Phi) is 4.04. The van der Waals surface area contributed by atoms with Crippen molar-refractivity contribution in [1.29, 1.82) is 0 Å². The van der Waals surface area contributed by atoms with E-state index in [1.54, 1.807) is 6.07 Å². The Balaban J connectivity index is 1.39. The summed E-state index contributed by atoms with van der Waals surface area (Å²) in [5.41, 5.74) is 0.0127. The van der Waals surface area contributed by atoms with E-state index >= 15 is 0 Å². The van der Waals surface area contributed by atoms with E-state index < -0.39 is 40.8 Å². The van der Waals surface area contributed by atoms with Crippen molar-refractivity contribution in [2.45, 2.75) is 54.9 Å². The molecule has 5 atom stereocenters. The van der Waals surface area contributed by atoms with E-state index in [9.17, 15) is 24.2 Å². The van der Waals surface area contributed by atoms with E-state index in [2.05, 4.69) is 11.5 Å². The topological polar surface area (TPSA) is 90.3 Å². The standard InChI is InChI=1S/C27H25FN2O5/c1-2-10-29-11-9-26-21-14-3-6-19(31)22(21)35-23(26)18(7-8-27(26,34)20(29)12-14)30-24(32)16-5-4-15(28)13-17(16)25(30)33/h2-6,13,18,20,23,31,34H,1,7-12H2/t18-,20-,23-,26+,27-/m1/s1. The number of hydrogen-bond donors (Lipinski definition) is 2. The molecule has 7 nitrogen and oxygen atoms in total. The van der Waals surface area contributed by atoms with Crippen molar-refractivity contribution in [3.63, 3.8) is 0 Å². The fourth-order valence-electron chi connectivity index (χ4n) is 7.79. The highest BCUT2D eigenvalue weighted by atomic mass is 19.1. The first-order chi connectivity index (χ1) is 16.8. The van der Waals surface area contributed by atoms with Crippen LogP contribution in [0.15, 0.2) is 43.0 Å². The molecule has 3 aliphatic heterocycles. The van der Waals surface area contributed by atoms with Crippen LogP contribution < -0.4 is 4.74 Å². The number of piperidine rings is 1. The van der Waals surface area contributed by atoms with Gasteiger partial charge in [-0.2, -0.15) is 0 Å². The molecule has 1 saturated heterocycles. The summed E-state index contributed by atoms with van der Waals surface area (Å²) >= 11 is 0. The Morgan fingerprint density at radius 3 is 2.77 bits per heavy atom. The van der Waals surface area contributed by atoms with Crippen molar-refractivity contribution >= 4 is 11.8 Å². The summed E-state index contributed by atoms with van der Waals surface area (Å²) in [5.74, 6) is -1.26. The minimum atomic E-state index is -1.16. The Bertz CT molecular complexity index is 1340. The van der Waals surface area contributed by atoms with Crippen LogP contribution in [-0.2, 0) is 11.8 Å². The summed E-state index contributed by atoms with van der Waals surface area (Å²) in [6.45, 7) is 5.21. The SMILES string of the molecule is C=CCN1CC[C@]23c4c5ccc(O)c4O[C@@H]2[C@H](N2C(=O)c4ccc(F)cc4C2=O)CC[C@@]3(O)[C@H]1C5. The van der Waals surface area contributed by atoms with Gasteiger partial charge in [0, 0.05) is 18.2 Å². The first kappa shape index (κ1) is 21.1. The molecule has 8 heteroatoms. The zero-order valence-electron chi connectivity index (χ0n) is 19.0. The molecule has 0 unspecified atom stereocenters. The van der Waals surface area contributed by atoms with Gasteiger partial charge in [-0.15, -0.1) is 6.58 Å². The predicted molar refractivity (Wildman–Crippen MR) is 123 cm³/mol. The van der Waals surface area contributed by atoms with Gasteiger partial charge in [0.25, 0.3) is 11.8 Å². The van der Waals surface area contributed by atoms with Crippen LogP contribution in [0.5, 0.6) is 11.5 Å². The lowest BCUT2D eigenvalue weighted by Crippen LogP contribution is -2.78. The second-order valence-electron chi connectivity index (χ2n) is 10.4. The predicted octanol–water partition coefficient (Wildman–Crippen LogP) is 2.54. The normalized spacial score (nSPS) is 34.5. The van der Waals surface area contributed by atoms with E-state index in [4.69, 9.17) is 4.74 Å². The van der Waals surface area contributed by atoms with E-state index in [0.717, 1.165) is 17.2 Å². The number of nitrogens with zero attached hydrogens (tertiary/aromatic N) is 2. The van der Waals surface area contributed by atoms with E-state index in [-0.39, 0.29) is 22.9 Å².